The fourth-order valence-corrected chi connectivity index (χ4v) is 1.87. The lowest BCUT2D eigenvalue weighted by Crippen LogP contribution is -2.10. The van der Waals surface area contributed by atoms with E-state index >= 15 is 0 Å². The van der Waals surface area contributed by atoms with Gasteiger partial charge in [-0.3, -0.25) is 4.99 Å². The third-order valence-corrected chi connectivity index (χ3v) is 3.16. The number of rotatable bonds is 8. The number of nitrogens with one attached hydrogen (secondary N) is 1. The molecule has 0 aliphatic rings. The summed E-state index contributed by atoms with van der Waals surface area (Å²) in [7, 11) is 1.88. The van der Waals surface area contributed by atoms with Crippen LogP contribution in [0.3, 0.4) is 0 Å². The molecule has 5 heteroatoms. The minimum absolute atomic E-state index is 0.191. The third-order valence-electron chi connectivity index (χ3n) is 3.16. The van der Waals surface area contributed by atoms with E-state index in [9.17, 15) is 4.79 Å². The van der Waals surface area contributed by atoms with Gasteiger partial charge in [0.15, 0.2) is 0 Å². The van der Waals surface area contributed by atoms with Gasteiger partial charge in [-0.05, 0) is 54.1 Å². The van der Waals surface area contributed by atoms with Gasteiger partial charge in [-0.1, -0.05) is 6.58 Å². The molecule has 2 aromatic carbocycles. The van der Waals surface area contributed by atoms with E-state index in [0.29, 0.717) is 12.4 Å². The topological polar surface area (TPSA) is 59.9 Å². The van der Waals surface area contributed by atoms with Crippen LogP contribution in [0.15, 0.2) is 66.2 Å². The first-order valence-corrected chi connectivity index (χ1v) is 7.55. The first-order chi connectivity index (χ1) is 11.7. The predicted molar refractivity (Wildman–Crippen MR) is 96.3 cm³/mol. The quantitative estimate of drug-likeness (QED) is 0.349. The molecule has 0 fully saturated rings. The van der Waals surface area contributed by atoms with E-state index in [1.807, 2.05) is 55.6 Å². The molecule has 0 radical (unpaired) electrons. The number of carbonyl (C=O) groups excluding carboxylic acids is 1. The van der Waals surface area contributed by atoms with Crippen LogP contribution in [-0.2, 0) is 9.53 Å². The first-order valence-electron chi connectivity index (χ1n) is 7.55. The Morgan fingerprint density at radius 3 is 2.46 bits per heavy atom. The van der Waals surface area contributed by atoms with E-state index in [2.05, 4.69) is 16.9 Å². The number of hydrogen-bond donors (Lipinski definition) is 1. The van der Waals surface area contributed by atoms with Crippen molar-refractivity contribution in [3.05, 3.63) is 66.7 Å². The third kappa shape index (κ3) is 5.61. The predicted octanol–water partition coefficient (Wildman–Crippen LogP) is 3.59. The first kappa shape index (κ1) is 17.3. The summed E-state index contributed by atoms with van der Waals surface area (Å²) in [5.74, 6) is 0.257. The van der Waals surface area contributed by atoms with Crippen molar-refractivity contribution in [1.82, 2.24) is 0 Å². The molecule has 0 saturated heterocycles. The second-order valence-electron chi connectivity index (χ2n) is 4.84. The van der Waals surface area contributed by atoms with Crippen molar-refractivity contribution in [2.45, 2.75) is 0 Å². The SMILES string of the molecule is C=CC(=O)OCCOc1ccc(C=Nc2ccc(NC)cc2)cc1. The average Bonchev–Trinajstić information content (AvgIpc) is 2.64. The van der Waals surface area contributed by atoms with Crippen molar-refractivity contribution >= 4 is 23.6 Å². The van der Waals surface area contributed by atoms with Gasteiger partial charge in [-0.25, -0.2) is 4.79 Å². The van der Waals surface area contributed by atoms with E-state index in [1.54, 1.807) is 6.21 Å². The Morgan fingerprint density at radius 1 is 1.12 bits per heavy atom. The lowest BCUT2D eigenvalue weighted by Gasteiger charge is -2.06. The molecule has 0 heterocycles. The van der Waals surface area contributed by atoms with Crippen LogP contribution in [0.25, 0.3) is 0 Å². The maximum Gasteiger partial charge on any atom is 0.330 e. The molecule has 0 bridgehead atoms. The molecule has 2 rings (SSSR count). The van der Waals surface area contributed by atoms with Crippen LogP contribution in [0, 0.1) is 0 Å². The molecule has 1 N–H and O–H groups in total. The van der Waals surface area contributed by atoms with E-state index in [1.165, 1.54) is 0 Å². The van der Waals surface area contributed by atoms with Crippen LogP contribution >= 0.6 is 0 Å². The van der Waals surface area contributed by atoms with Crippen LogP contribution < -0.4 is 10.1 Å². The van der Waals surface area contributed by atoms with Gasteiger partial charge in [0.1, 0.15) is 19.0 Å². The Labute approximate surface area is 141 Å². The molecule has 24 heavy (non-hydrogen) atoms. The van der Waals surface area contributed by atoms with E-state index in [4.69, 9.17) is 9.47 Å². The average molecular weight is 324 g/mol. The number of anilines is 1. The van der Waals surface area contributed by atoms with Crippen molar-refractivity contribution in [3.8, 4) is 5.75 Å². The molecule has 0 aromatic heterocycles. The molecule has 0 spiro atoms. The summed E-state index contributed by atoms with van der Waals surface area (Å²) >= 11 is 0. The van der Waals surface area contributed by atoms with Gasteiger partial charge >= 0.3 is 5.97 Å². The van der Waals surface area contributed by atoms with Gasteiger partial charge in [0.05, 0.1) is 5.69 Å². The van der Waals surface area contributed by atoms with Gasteiger partial charge in [-0.2, -0.15) is 0 Å². The Morgan fingerprint density at radius 2 is 1.83 bits per heavy atom. The molecule has 5 nitrogen and oxygen atoms in total. The zero-order valence-corrected chi connectivity index (χ0v) is 13.6. The van der Waals surface area contributed by atoms with Crippen LogP contribution in [0.1, 0.15) is 5.56 Å². The molecule has 0 aliphatic carbocycles. The number of aliphatic imine (C=N–C) groups is 1. The van der Waals surface area contributed by atoms with Crippen molar-refractivity contribution in [2.24, 2.45) is 4.99 Å². The summed E-state index contributed by atoms with van der Waals surface area (Å²) < 4.78 is 10.3. The van der Waals surface area contributed by atoms with E-state index < -0.39 is 5.97 Å². The normalized spacial score (nSPS) is 10.4. The highest BCUT2D eigenvalue weighted by Gasteiger charge is 1.97. The Balaban J connectivity index is 1.83. The summed E-state index contributed by atoms with van der Waals surface area (Å²) in [4.78, 5) is 15.3. The summed E-state index contributed by atoms with van der Waals surface area (Å²) in [6, 6.07) is 15.4. The van der Waals surface area contributed by atoms with E-state index in [0.717, 1.165) is 23.0 Å². The minimum atomic E-state index is -0.451. The largest absolute Gasteiger partial charge is 0.490 e. The number of esters is 1. The second kappa shape index (κ2) is 9.15. The number of benzene rings is 2. The summed E-state index contributed by atoms with van der Waals surface area (Å²) in [5, 5.41) is 3.07. The Hall–Kier alpha value is -3.08. The maximum atomic E-state index is 10.9. The van der Waals surface area contributed by atoms with Crippen LogP contribution in [0.2, 0.25) is 0 Å². The molecule has 0 atom stereocenters. The van der Waals surface area contributed by atoms with Gasteiger partial charge in [-0.15, -0.1) is 0 Å². The summed E-state index contributed by atoms with van der Waals surface area (Å²) in [6.07, 6.45) is 2.92. The summed E-state index contributed by atoms with van der Waals surface area (Å²) in [5.41, 5.74) is 2.91. The molecular formula is C19H20N2O3. The fourth-order valence-electron chi connectivity index (χ4n) is 1.87. The second-order valence-corrected chi connectivity index (χ2v) is 4.84. The van der Waals surface area contributed by atoms with Crippen molar-refractivity contribution in [1.29, 1.82) is 0 Å². The lowest BCUT2D eigenvalue weighted by atomic mass is 10.2. The number of hydrogen-bond acceptors (Lipinski definition) is 5. The Bertz CT molecular complexity index is 692. The zero-order chi connectivity index (χ0) is 17.2. The fraction of sp³-hybridized carbons (Fsp3) is 0.158. The van der Waals surface area contributed by atoms with Crippen molar-refractivity contribution in [3.63, 3.8) is 0 Å². The highest BCUT2D eigenvalue weighted by Crippen LogP contribution is 2.16. The van der Waals surface area contributed by atoms with Gasteiger partial charge in [0, 0.05) is 25.0 Å². The smallest absolute Gasteiger partial charge is 0.330 e. The minimum Gasteiger partial charge on any atom is -0.490 e. The molecular weight excluding hydrogens is 304 g/mol. The van der Waals surface area contributed by atoms with Gasteiger partial charge in [0.2, 0.25) is 0 Å². The molecule has 2 aromatic rings. The zero-order valence-electron chi connectivity index (χ0n) is 13.6. The molecule has 0 aliphatic heterocycles. The van der Waals surface area contributed by atoms with Crippen molar-refractivity contribution in [2.75, 3.05) is 25.6 Å². The van der Waals surface area contributed by atoms with Gasteiger partial charge < -0.3 is 14.8 Å². The lowest BCUT2D eigenvalue weighted by molar-refractivity contribution is -0.138. The van der Waals surface area contributed by atoms with E-state index in [-0.39, 0.29) is 6.61 Å². The highest BCUT2D eigenvalue weighted by atomic mass is 16.6. The molecule has 0 saturated carbocycles. The molecule has 124 valence electrons. The molecule has 0 amide bonds. The standard InChI is InChI=1S/C19H20N2O3/c1-3-19(22)24-13-12-23-18-10-4-15(5-11-18)14-21-17-8-6-16(20-2)7-9-17/h3-11,14,20H,1,12-13H2,2H3. The number of ether oxygens (including phenoxy) is 2. The van der Waals surface area contributed by atoms with Crippen molar-refractivity contribution < 1.29 is 14.3 Å². The van der Waals surface area contributed by atoms with Gasteiger partial charge in [0.25, 0.3) is 0 Å². The molecule has 0 unspecified atom stereocenters. The van der Waals surface area contributed by atoms with Crippen LogP contribution in [0.5, 0.6) is 5.75 Å². The Kier molecular flexibility index (Phi) is 6.58. The monoisotopic (exact) mass is 324 g/mol. The van der Waals surface area contributed by atoms with Crippen LogP contribution in [-0.4, -0.2) is 32.4 Å². The van der Waals surface area contributed by atoms with Crippen LogP contribution in [0.4, 0.5) is 11.4 Å². The summed E-state index contributed by atoms with van der Waals surface area (Å²) in [6.45, 7) is 3.81. The maximum absolute atomic E-state index is 10.9. The number of carbonyl (C=O) groups is 1. The number of nitrogens with zero attached hydrogens (tertiary/aromatic N) is 1. The highest BCUT2D eigenvalue weighted by molar-refractivity contribution is 5.82.